The van der Waals surface area contributed by atoms with Crippen LogP contribution < -0.4 is 9.47 Å². The predicted octanol–water partition coefficient (Wildman–Crippen LogP) is 5.35. The highest BCUT2D eigenvalue weighted by Gasteiger charge is 2.03. The van der Waals surface area contributed by atoms with Gasteiger partial charge in [0.25, 0.3) is 0 Å². The summed E-state index contributed by atoms with van der Waals surface area (Å²) < 4.78 is 23.3. The van der Waals surface area contributed by atoms with Crippen molar-refractivity contribution in [3.05, 3.63) is 107 Å². The fraction of sp³-hybridized carbons (Fsp3) is 0.0400. The van der Waals surface area contributed by atoms with E-state index in [0.717, 1.165) is 16.9 Å². The molecule has 0 heterocycles. The van der Waals surface area contributed by atoms with Gasteiger partial charge in [-0.2, -0.15) is 0 Å². The molecule has 0 unspecified atom stereocenters. The number of halogens is 1. The molecule has 0 aliphatic rings. The third kappa shape index (κ3) is 6.01. The van der Waals surface area contributed by atoms with E-state index in [9.17, 15) is 14.0 Å². The summed E-state index contributed by atoms with van der Waals surface area (Å²) in [6.07, 6.45) is 6.05. The smallest absolute Gasteiger partial charge is 0.336 e. The molecule has 30 heavy (non-hydrogen) atoms. The van der Waals surface area contributed by atoms with Crippen molar-refractivity contribution in [3.63, 3.8) is 0 Å². The molecule has 0 radical (unpaired) electrons. The standard InChI is InChI=1S/C25H19FO4/c1-29-22-12-2-19(3-13-22)7-17-25(28)30-23-14-4-18(5-15-23)6-16-24(27)20-8-10-21(26)11-9-20/h2-17H,1H3/b16-6+,17-7+. The van der Waals surface area contributed by atoms with Crippen LogP contribution in [0.25, 0.3) is 12.2 Å². The number of allylic oxidation sites excluding steroid dienone is 1. The number of ketones is 1. The molecule has 0 bridgehead atoms. The van der Waals surface area contributed by atoms with Gasteiger partial charge in [0.15, 0.2) is 5.78 Å². The van der Waals surface area contributed by atoms with Gasteiger partial charge < -0.3 is 9.47 Å². The Morgan fingerprint density at radius 3 is 1.83 bits per heavy atom. The van der Waals surface area contributed by atoms with Crippen molar-refractivity contribution >= 4 is 23.9 Å². The number of hydrogen-bond acceptors (Lipinski definition) is 4. The quantitative estimate of drug-likeness (QED) is 0.231. The molecule has 0 fully saturated rings. The van der Waals surface area contributed by atoms with E-state index in [4.69, 9.17) is 9.47 Å². The summed E-state index contributed by atoms with van der Waals surface area (Å²) in [6.45, 7) is 0. The van der Waals surface area contributed by atoms with Gasteiger partial charge in [0, 0.05) is 11.6 Å². The van der Waals surface area contributed by atoms with Crippen LogP contribution in [0.5, 0.6) is 11.5 Å². The second-order valence-corrected chi connectivity index (χ2v) is 6.30. The summed E-state index contributed by atoms with van der Waals surface area (Å²) in [7, 11) is 1.59. The highest BCUT2D eigenvalue weighted by molar-refractivity contribution is 6.06. The third-order valence-electron chi connectivity index (χ3n) is 4.18. The van der Waals surface area contributed by atoms with Crippen LogP contribution in [0.15, 0.2) is 84.9 Å². The van der Waals surface area contributed by atoms with Crippen molar-refractivity contribution in [1.29, 1.82) is 0 Å². The number of ether oxygens (including phenoxy) is 2. The van der Waals surface area contributed by atoms with E-state index in [1.54, 1.807) is 55.7 Å². The molecule has 150 valence electrons. The molecule has 0 amide bonds. The van der Waals surface area contributed by atoms with Gasteiger partial charge in [-0.25, -0.2) is 9.18 Å². The average Bonchev–Trinajstić information content (AvgIpc) is 2.78. The van der Waals surface area contributed by atoms with Gasteiger partial charge in [0.2, 0.25) is 0 Å². The molecule has 0 aliphatic carbocycles. The van der Waals surface area contributed by atoms with Crippen LogP contribution in [-0.2, 0) is 4.79 Å². The zero-order chi connectivity index (χ0) is 21.3. The van der Waals surface area contributed by atoms with E-state index in [0.29, 0.717) is 11.3 Å². The third-order valence-corrected chi connectivity index (χ3v) is 4.18. The van der Waals surface area contributed by atoms with E-state index in [1.165, 1.54) is 36.4 Å². The molecule has 0 N–H and O–H groups in total. The van der Waals surface area contributed by atoms with Gasteiger partial charge in [-0.05, 0) is 71.8 Å². The molecular formula is C25H19FO4. The summed E-state index contributed by atoms with van der Waals surface area (Å²) >= 11 is 0. The van der Waals surface area contributed by atoms with Crippen LogP contribution in [0, 0.1) is 5.82 Å². The Hall–Kier alpha value is -3.99. The first-order chi connectivity index (χ1) is 14.5. The zero-order valence-corrected chi connectivity index (χ0v) is 16.2. The molecule has 0 aliphatic heterocycles. The van der Waals surface area contributed by atoms with Crippen molar-refractivity contribution in [1.82, 2.24) is 0 Å². The van der Waals surface area contributed by atoms with Gasteiger partial charge in [-0.3, -0.25) is 4.79 Å². The first-order valence-electron chi connectivity index (χ1n) is 9.15. The second kappa shape index (κ2) is 9.98. The maximum absolute atomic E-state index is 12.9. The molecule has 3 aromatic rings. The number of benzene rings is 3. The maximum Gasteiger partial charge on any atom is 0.336 e. The van der Waals surface area contributed by atoms with Gasteiger partial charge in [0.05, 0.1) is 7.11 Å². The van der Waals surface area contributed by atoms with Crippen molar-refractivity contribution in [3.8, 4) is 11.5 Å². The lowest BCUT2D eigenvalue weighted by molar-refractivity contribution is -0.128. The predicted molar refractivity (Wildman–Crippen MR) is 114 cm³/mol. The Bertz CT molecular complexity index is 1060. The number of esters is 1. The van der Waals surface area contributed by atoms with Gasteiger partial charge in [-0.1, -0.05) is 30.3 Å². The summed E-state index contributed by atoms with van der Waals surface area (Å²) in [5.74, 6) is 0.0129. The maximum atomic E-state index is 12.9. The van der Waals surface area contributed by atoms with E-state index < -0.39 is 5.97 Å². The van der Waals surface area contributed by atoms with Crippen LogP contribution in [0.3, 0.4) is 0 Å². The SMILES string of the molecule is COc1ccc(/C=C/C(=O)Oc2ccc(/C=C/C(=O)c3ccc(F)cc3)cc2)cc1. The Morgan fingerprint density at radius 2 is 1.27 bits per heavy atom. The van der Waals surface area contributed by atoms with Crippen molar-refractivity contribution in [2.75, 3.05) is 7.11 Å². The molecule has 0 saturated carbocycles. The number of carbonyl (C=O) groups is 2. The highest BCUT2D eigenvalue weighted by Crippen LogP contribution is 2.15. The highest BCUT2D eigenvalue weighted by atomic mass is 19.1. The minimum Gasteiger partial charge on any atom is -0.497 e. The van der Waals surface area contributed by atoms with Crippen molar-refractivity contribution < 1.29 is 23.5 Å². The molecule has 4 nitrogen and oxygen atoms in total. The van der Waals surface area contributed by atoms with Gasteiger partial charge in [-0.15, -0.1) is 0 Å². The molecule has 5 heteroatoms. The summed E-state index contributed by atoms with van der Waals surface area (Å²) in [6, 6.07) is 19.4. The lowest BCUT2D eigenvalue weighted by Crippen LogP contribution is -2.03. The lowest BCUT2D eigenvalue weighted by atomic mass is 10.1. The topological polar surface area (TPSA) is 52.6 Å². The van der Waals surface area contributed by atoms with Gasteiger partial charge >= 0.3 is 5.97 Å². The Kier molecular flexibility index (Phi) is 6.90. The summed E-state index contributed by atoms with van der Waals surface area (Å²) in [5.41, 5.74) is 2.01. The molecule has 0 aromatic heterocycles. The Balaban J connectivity index is 1.55. The normalized spacial score (nSPS) is 11.0. The van der Waals surface area contributed by atoms with Crippen LogP contribution in [-0.4, -0.2) is 18.9 Å². The van der Waals surface area contributed by atoms with E-state index in [-0.39, 0.29) is 11.6 Å². The average molecular weight is 402 g/mol. The zero-order valence-electron chi connectivity index (χ0n) is 16.2. The number of carbonyl (C=O) groups excluding carboxylic acids is 2. The van der Waals surface area contributed by atoms with E-state index in [1.807, 2.05) is 12.1 Å². The largest absolute Gasteiger partial charge is 0.497 e. The summed E-state index contributed by atoms with van der Waals surface area (Å²) in [4.78, 5) is 24.0. The van der Waals surface area contributed by atoms with Gasteiger partial charge in [0.1, 0.15) is 17.3 Å². The first-order valence-corrected chi connectivity index (χ1v) is 9.15. The van der Waals surface area contributed by atoms with Crippen molar-refractivity contribution in [2.45, 2.75) is 0 Å². The van der Waals surface area contributed by atoms with Crippen LogP contribution in [0.4, 0.5) is 4.39 Å². The molecule has 3 rings (SSSR count). The van der Waals surface area contributed by atoms with Crippen LogP contribution in [0.1, 0.15) is 21.5 Å². The number of hydrogen-bond donors (Lipinski definition) is 0. The fourth-order valence-electron chi connectivity index (χ4n) is 2.56. The fourth-order valence-corrected chi connectivity index (χ4v) is 2.56. The van der Waals surface area contributed by atoms with Crippen molar-refractivity contribution in [2.24, 2.45) is 0 Å². The lowest BCUT2D eigenvalue weighted by Gasteiger charge is -2.02. The molecule has 0 saturated heterocycles. The second-order valence-electron chi connectivity index (χ2n) is 6.30. The number of rotatable bonds is 7. The monoisotopic (exact) mass is 402 g/mol. The minimum absolute atomic E-state index is 0.228. The molecule has 0 atom stereocenters. The first kappa shape index (κ1) is 20.7. The van der Waals surface area contributed by atoms with E-state index in [2.05, 4.69) is 0 Å². The Morgan fingerprint density at radius 1 is 0.733 bits per heavy atom. The minimum atomic E-state index is -0.499. The van der Waals surface area contributed by atoms with E-state index >= 15 is 0 Å². The van der Waals surface area contributed by atoms with Crippen LogP contribution >= 0.6 is 0 Å². The summed E-state index contributed by atoms with van der Waals surface area (Å²) in [5, 5.41) is 0. The molecule has 0 spiro atoms. The van der Waals surface area contributed by atoms with Crippen LogP contribution in [0.2, 0.25) is 0 Å². The molecular weight excluding hydrogens is 383 g/mol. The molecule has 3 aromatic carbocycles. The Labute approximate surface area is 173 Å². The number of methoxy groups -OCH3 is 1.